The van der Waals surface area contributed by atoms with Gasteiger partial charge in [0, 0.05) is 24.5 Å². The second kappa shape index (κ2) is 14.8. The number of carbonyl (C=O) groups excluding carboxylic acids is 2. The van der Waals surface area contributed by atoms with Gasteiger partial charge in [-0.2, -0.15) is 0 Å². The van der Waals surface area contributed by atoms with Gasteiger partial charge in [-0.3, -0.25) is 4.79 Å². The molecule has 0 saturated carbocycles. The van der Waals surface area contributed by atoms with Gasteiger partial charge in [-0.15, -0.1) is 0 Å². The van der Waals surface area contributed by atoms with Crippen molar-refractivity contribution in [2.75, 3.05) is 0 Å². The molecule has 16 nitrogen and oxygen atoms in total. The standard InChI is InChI=1S/C36H30O16/c37-20-6-1-16(11-24(20)41)13-27(34(45)46)50-29(44)10-5-18-3-9-23(40)33-30(18)31(32(52-33)19-4-8-22(39)26(43)15-19)36(49)51-28(35(47)48)14-17-2-7-21(38)25(42)12-17/h1-12,15,27-28,31-32,37-43H,13-14H2,(H,45,46)(H,47,48)/b10-5+/t27-,28+,31+,32+/m1/s1. The van der Waals surface area contributed by atoms with Gasteiger partial charge in [-0.05, 0) is 70.8 Å². The first-order valence-corrected chi connectivity index (χ1v) is 15.2. The molecule has 9 N–H and O–H groups in total. The molecule has 0 fully saturated rings. The highest BCUT2D eigenvalue weighted by Gasteiger charge is 2.46. The van der Waals surface area contributed by atoms with Gasteiger partial charge >= 0.3 is 23.9 Å². The third-order valence-corrected chi connectivity index (χ3v) is 8.04. The normalized spacial score (nSPS) is 16.0. The molecule has 0 aromatic heterocycles. The van der Waals surface area contributed by atoms with Crippen LogP contribution in [0.4, 0.5) is 0 Å². The molecule has 5 rings (SSSR count). The van der Waals surface area contributed by atoms with E-state index in [0.717, 1.165) is 54.6 Å². The fourth-order valence-corrected chi connectivity index (χ4v) is 5.49. The van der Waals surface area contributed by atoms with Crippen LogP contribution in [-0.4, -0.2) is 82.0 Å². The molecule has 16 heteroatoms. The summed E-state index contributed by atoms with van der Waals surface area (Å²) in [6, 6.07) is 13.0. The molecular formula is C36H30O16. The van der Waals surface area contributed by atoms with Gasteiger partial charge in [0.05, 0.1) is 0 Å². The van der Waals surface area contributed by atoms with E-state index in [0.29, 0.717) is 0 Å². The molecule has 4 aromatic carbocycles. The van der Waals surface area contributed by atoms with Crippen LogP contribution >= 0.6 is 0 Å². The van der Waals surface area contributed by atoms with E-state index in [4.69, 9.17) is 14.2 Å². The fourth-order valence-electron chi connectivity index (χ4n) is 5.49. The summed E-state index contributed by atoms with van der Waals surface area (Å²) in [6.45, 7) is 0. The predicted octanol–water partition coefficient (Wildman–Crippen LogP) is 3.33. The maximum Gasteiger partial charge on any atom is 0.345 e. The summed E-state index contributed by atoms with van der Waals surface area (Å²) in [5.74, 6) is -10.8. The average molecular weight is 719 g/mol. The molecule has 1 aliphatic heterocycles. The zero-order valence-corrected chi connectivity index (χ0v) is 26.6. The van der Waals surface area contributed by atoms with E-state index in [2.05, 4.69) is 0 Å². The quantitative estimate of drug-likeness (QED) is 0.0577. The monoisotopic (exact) mass is 718 g/mol. The van der Waals surface area contributed by atoms with Crippen molar-refractivity contribution < 1.29 is 79.3 Å². The van der Waals surface area contributed by atoms with Crippen molar-refractivity contribution in [1.82, 2.24) is 0 Å². The molecule has 0 unspecified atom stereocenters. The predicted molar refractivity (Wildman–Crippen MR) is 175 cm³/mol. The second-order valence-corrected chi connectivity index (χ2v) is 11.6. The van der Waals surface area contributed by atoms with Crippen LogP contribution in [0.5, 0.6) is 46.0 Å². The highest BCUT2D eigenvalue weighted by Crippen LogP contribution is 2.53. The van der Waals surface area contributed by atoms with Gasteiger partial charge in [0.15, 0.2) is 46.0 Å². The molecule has 0 bridgehead atoms. The zero-order chi connectivity index (χ0) is 37.9. The van der Waals surface area contributed by atoms with Crippen LogP contribution in [0.2, 0.25) is 0 Å². The van der Waals surface area contributed by atoms with Crippen LogP contribution in [0.15, 0.2) is 72.8 Å². The van der Waals surface area contributed by atoms with E-state index in [1.807, 2.05) is 0 Å². The number of hydrogen-bond donors (Lipinski definition) is 9. The van der Waals surface area contributed by atoms with Crippen LogP contribution < -0.4 is 4.74 Å². The van der Waals surface area contributed by atoms with Crippen LogP contribution in [0, 0.1) is 0 Å². The Morgan fingerprint density at radius 1 is 0.635 bits per heavy atom. The number of esters is 2. The number of hydrogen-bond acceptors (Lipinski definition) is 14. The molecule has 0 amide bonds. The Balaban J connectivity index is 1.47. The van der Waals surface area contributed by atoms with Crippen molar-refractivity contribution in [3.63, 3.8) is 0 Å². The van der Waals surface area contributed by atoms with Crippen LogP contribution in [0.3, 0.4) is 0 Å². The third-order valence-electron chi connectivity index (χ3n) is 8.04. The Bertz CT molecular complexity index is 2090. The summed E-state index contributed by atoms with van der Waals surface area (Å²) < 4.78 is 16.5. The van der Waals surface area contributed by atoms with Gasteiger partial charge in [0.25, 0.3) is 0 Å². The van der Waals surface area contributed by atoms with Gasteiger partial charge in [0.2, 0.25) is 12.2 Å². The molecule has 0 radical (unpaired) electrons. The van der Waals surface area contributed by atoms with Crippen molar-refractivity contribution in [3.8, 4) is 46.0 Å². The molecule has 52 heavy (non-hydrogen) atoms. The lowest BCUT2D eigenvalue weighted by Crippen LogP contribution is -2.33. The van der Waals surface area contributed by atoms with E-state index in [1.165, 1.54) is 24.3 Å². The minimum atomic E-state index is -1.84. The molecule has 1 heterocycles. The molecule has 0 spiro atoms. The Kier molecular flexibility index (Phi) is 10.3. The molecule has 0 aliphatic carbocycles. The number of carbonyl (C=O) groups is 4. The number of fused-ring (bicyclic) bond motifs is 1. The summed E-state index contributed by atoms with van der Waals surface area (Å²) in [5, 5.41) is 89.1. The lowest BCUT2D eigenvalue weighted by atomic mass is 9.87. The Labute approximate surface area is 292 Å². The number of phenolic OH excluding ortho intramolecular Hbond substituents is 7. The highest BCUT2D eigenvalue weighted by molar-refractivity contribution is 5.92. The van der Waals surface area contributed by atoms with Gasteiger partial charge in [-0.25, -0.2) is 14.4 Å². The topological polar surface area (TPSA) is 278 Å². The number of phenols is 7. The summed E-state index contributed by atoms with van der Waals surface area (Å²) in [7, 11) is 0. The summed E-state index contributed by atoms with van der Waals surface area (Å²) in [6.07, 6.45) is -3.85. The van der Waals surface area contributed by atoms with E-state index in [-0.39, 0.29) is 40.0 Å². The fraction of sp³-hybridized carbons (Fsp3) is 0.167. The Hall–Kier alpha value is -7.10. The number of ether oxygens (including phenoxy) is 3. The number of rotatable bonds is 12. The minimum Gasteiger partial charge on any atom is -0.504 e. The molecule has 4 atom stereocenters. The maximum atomic E-state index is 13.9. The first-order valence-electron chi connectivity index (χ1n) is 15.2. The maximum absolute atomic E-state index is 13.9. The summed E-state index contributed by atoms with van der Waals surface area (Å²) in [4.78, 5) is 50.9. The van der Waals surface area contributed by atoms with E-state index >= 15 is 0 Å². The molecule has 270 valence electrons. The van der Waals surface area contributed by atoms with Crippen LogP contribution in [0.1, 0.15) is 39.8 Å². The van der Waals surface area contributed by atoms with Crippen molar-refractivity contribution >= 4 is 30.0 Å². The van der Waals surface area contributed by atoms with Gasteiger partial charge < -0.3 is 60.2 Å². The smallest absolute Gasteiger partial charge is 0.345 e. The molecular weight excluding hydrogens is 688 g/mol. The lowest BCUT2D eigenvalue weighted by molar-refractivity contribution is -0.166. The van der Waals surface area contributed by atoms with Crippen LogP contribution in [-0.2, 0) is 41.5 Å². The SMILES string of the molecule is O=C(/C=C/c1ccc(O)c2c1[C@H](C(=O)O[C@@H](Cc1ccc(O)c(O)c1)C(=O)O)[C@H](c1ccc(O)c(O)c1)O2)O[C@H](Cc1ccc(O)c(O)c1)C(=O)O. The van der Waals surface area contributed by atoms with Gasteiger partial charge in [-0.1, -0.05) is 24.3 Å². The highest BCUT2D eigenvalue weighted by atomic mass is 16.6. The number of benzene rings is 4. The summed E-state index contributed by atoms with van der Waals surface area (Å²) >= 11 is 0. The average Bonchev–Trinajstić information content (AvgIpc) is 3.50. The Morgan fingerprint density at radius 2 is 1.13 bits per heavy atom. The van der Waals surface area contributed by atoms with Crippen molar-refractivity contribution in [1.29, 1.82) is 0 Å². The van der Waals surface area contributed by atoms with E-state index < -0.39 is 94.8 Å². The van der Waals surface area contributed by atoms with Gasteiger partial charge in [0.1, 0.15) is 12.0 Å². The number of aromatic hydroxyl groups is 7. The second-order valence-electron chi connectivity index (χ2n) is 11.6. The number of carboxylic acid groups (broad SMARTS) is 2. The first-order chi connectivity index (χ1) is 24.6. The minimum absolute atomic E-state index is 0.0443. The molecule has 0 saturated heterocycles. The third kappa shape index (κ3) is 7.86. The van der Waals surface area contributed by atoms with E-state index in [9.17, 15) is 65.1 Å². The summed E-state index contributed by atoms with van der Waals surface area (Å²) in [5.41, 5.74) is 0.445. The molecule has 4 aromatic rings. The van der Waals surface area contributed by atoms with Crippen molar-refractivity contribution in [2.45, 2.75) is 37.1 Å². The van der Waals surface area contributed by atoms with E-state index in [1.54, 1.807) is 0 Å². The van der Waals surface area contributed by atoms with Crippen molar-refractivity contribution in [2.24, 2.45) is 0 Å². The van der Waals surface area contributed by atoms with Crippen molar-refractivity contribution in [3.05, 3.63) is 101 Å². The number of aliphatic carboxylic acids is 2. The largest absolute Gasteiger partial charge is 0.504 e. The first kappa shape index (κ1) is 36.2. The Morgan fingerprint density at radius 3 is 1.65 bits per heavy atom. The lowest BCUT2D eigenvalue weighted by Gasteiger charge is -2.22. The molecule has 1 aliphatic rings. The van der Waals surface area contributed by atoms with Crippen LogP contribution in [0.25, 0.3) is 6.08 Å². The zero-order valence-electron chi connectivity index (χ0n) is 26.6. The number of carboxylic acids is 2.